The summed E-state index contributed by atoms with van der Waals surface area (Å²) in [5, 5.41) is 10.2. The lowest BCUT2D eigenvalue weighted by Gasteiger charge is -2.12. The largest absolute Gasteiger partial charge is 0.360 e. The standard InChI is InChI=1S/C21H21N5OS/c1-3-12-26-20(15-8-10-22-11-9-15)24-25-21(26)28-14(2)19(27)17-13-23-18-7-5-4-6-16(17)18/h4-11,13-14,23H,3,12H2,1-2H3. The molecule has 28 heavy (non-hydrogen) atoms. The first-order valence-electron chi connectivity index (χ1n) is 9.29. The number of benzene rings is 1. The average molecular weight is 392 g/mol. The first kappa shape index (κ1) is 18.4. The molecule has 0 saturated heterocycles. The van der Waals surface area contributed by atoms with Gasteiger partial charge in [0.15, 0.2) is 16.8 Å². The number of H-pyrrole nitrogens is 1. The van der Waals surface area contributed by atoms with E-state index in [2.05, 4.69) is 31.7 Å². The van der Waals surface area contributed by atoms with E-state index in [0.29, 0.717) is 5.56 Å². The van der Waals surface area contributed by atoms with Crippen LogP contribution in [-0.2, 0) is 6.54 Å². The summed E-state index contributed by atoms with van der Waals surface area (Å²) in [6.45, 7) is 4.83. The van der Waals surface area contributed by atoms with Gasteiger partial charge in [0.05, 0.1) is 5.25 Å². The maximum atomic E-state index is 13.1. The highest BCUT2D eigenvalue weighted by atomic mass is 32.2. The number of fused-ring (bicyclic) bond motifs is 1. The number of ketones is 1. The van der Waals surface area contributed by atoms with Crippen LogP contribution >= 0.6 is 11.8 Å². The van der Waals surface area contributed by atoms with Gasteiger partial charge in [-0.05, 0) is 31.5 Å². The molecule has 0 aliphatic heterocycles. The predicted octanol–water partition coefficient (Wildman–Crippen LogP) is 4.59. The Hall–Kier alpha value is -2.93. The van der Waals surface area contributed by atoms with Crippen molar-refractivity contribution < 1.29 is 4.79 Å². The van der Waals surface area contributed by atoms with E-state index in [9.17, 15) is 4.79 Å². The topological polar surface area (TPSA) is 76.5 Å². The van der Waals surface area contributed by atoms with Crippen LogP contribution in [0, 0.1) is 0 Å². The number of aromatic amines is 1. The van der Waals surface area contributed by atoms with Crippen LogP contribution in [-0.4, -0.2) is 35.8 Å². The van der Waals surface area contributed by atoms with E-state index in [0.717, 1.165) is 40.4 Å². The number of thioether (sulfide) groups is 1. The fourth-order valence-electron chi connectivity index (χ4n) is 3.22. The highest BCUT2D eigenvalue weighted by Gasteiger charge is 2.23. The maximum absolute atomic E-state index is 13.1. The van der Waals surface area contributed by atoms with E-state index in [4.69, 9.17) is 0 Å². The lowest BCUT2D eigenvalue weighted by atomic mass is 10.1. The third-order valence-corrected chi connectivity index (χ3v) is 5.69. The average Bonchev–Trinajstić information content (AvgIpc) is 3.33. The van der Waals surface area contributed by atoms with Crippen LogP contribution in [0.2, 0.25) is 0 Å². The molecule has 142 valence electrons. The third kappa shape index (κ3) is 3.45. The van der Waals surface area contributed by atoms with Gasteiger partial charge in [0, 0.05) is 47.2 Å². The molecule has 0 fully saturated rings. The van der Waals surface area contributed by atoms with Crippen molar-refractivity contribution >= 4 is 28.4 Å². The van der Waals surface area contributed by atoms with E-state index >= 15 is 0 Å². The highest BCUT2D eigenvalue weighted by Crippen LogP contribution is 2.30. The van der Waals surface area contributed by atoms with Gasteiger partial charge in [0.1, 0.15) is 0 Å². The number of nitrogens with zero attached hydrogens (tertiary/aromatic N) is 4. The van der Waals surface area contributed by atoms with Crippen molar-refractivity contribution in [1.29, 1.82) is 0 Å². The van der Waals surface area contributed by atoms with Crippen molar-refractivity contribution in [2.75, 3.05) is 0 Å². The maximum Gasteiger partial charge on any atom is 0.192 e. The van der Waals surface area contributed by atoms with Gasteiger partial charge in [0.2, 0.25) is 0 Å². The molecule has 4 aromatic rings. The Labute approximate surface area is 167 Å². The zero-order valence-electron chi connectivity index (χ0n) is 15.8. The van der Waals surface area contributed by atoms with Gasteiger partial charge < -0.3 is 9.55 Å². The molecule has 4 rings (SSSR count). The number of hydrogen-bond acceptors (Lipinski definition) is 5. The molecule has 3 heterocycles. The summed E-state index contributed by atoms with van der Waals surface area (Å²) >= 11 is 1.45. The van der Waals surface area contributed by atoms with E-state index in [1.165, 1.54) is 11.8 Å². The summed E-state index contributed by atoms with van der Waals surface area (Å²) in [7, 11) is 0. The summed E-state index contributed by atoms with van der Waals surface area (Å²) in [6.07, 6.45) is 6.24. The smallest absolute Gasteiger partial charge is 0.192 e. The number of hydrogen-bond donors (Lipinski definition) is 1. The molecule has 0 saturated carbocycles. The summed E-state index contributed by atoms with van der Waals surface area (Å²) in [5.41, 5.74) is 2.65. The first-order valence-corrected chi connectivity index (χ1v) is 10.2. The highest BCUT2D eigenvalue weighted by molar-refractivity contribution is 8.00. The molecular formula is C21H21N5OS. The fourth-order valence-corrected chi connectivity index (χ4v) is 4.16. The molecule has 0 aliphatic rings. The van der Waals surface area contributed by atoms with Gasteiger partial charge in [-0.25, -0.2) is 0 Å². The second-order valence-corrected chi connectivity index (χ2v) is 7.87. The van der Waals surface area contributed by atoms with Gasteiger partial charge in [-0.15, -0.1) is 10.2 Å². The second kappa shape index (κ2) is 7.98. The molecule has 1 atom stereocenters. The van der Waals surface area contributed by atoms with Crippen LogP contribution in [0.4, 0.5) is 0 Å². The minimum atomic E-state index is -0.274. The fraction of sp³-hybridized carbons (Fsp3) is 0.238. The Morgan fingerprint density at radius 3 is 2.75 bits per heavy atom. The minimum Gasteiger partial charge on any atom is -0.360 e. The molecule has 1 aromatic carbocycles. The number of para-hydroxylation sites is 1. The second-order valence-electron chi connectivity index (χ2n) is 6.57. The summed E-state index contributed by atoms with van der Waals surface area (Å²) < 4.78 is 2.08. The van der Waals surface area contributed by atoms with Crippen LogP contribution in [0.5, 0.6) is 0 Å². The third-order valence-electron chi connectivity index (χ3n) is 4.61. The van der Waals surface area contributed by atoms with Gasteiger partial charge >= 0.3 is 0 Å². The van der Waals surface area contributed by atoms with Gasteiger partial charge in [-0.2, -0.15) is 0 Å². The summed E-state index contributed by atoms with van der Waals surface area (Å²) in [4.78, 5) is 20.3. The number of aromatic nitrogens is 5. The number of pyridine rings is 1. The van der Waals surface area contributed by atoms with Crippen LogP contribution in [0.25, 0.3) is 22.3 Å². The molecule has 0 aliphatic carbocycles. The molecular weight excluding hydrogens is 370 g/mol. The molecule has 0 amide bonds. The van der Waals surface area contributed by atoms with Crippen molar-refractivity contribution in [2.24, 2.45) is 0 Å². The zero-order valence-corrected chi connectivity index (χ0v) is 16.6. The first-order chi connectivity index (χ1) is 13.7. The molecule has 3 aromatic heterocycles. The SMILES string of the molecule is CCCn1c(SC(C)C(=O)c2c[nH]c3ccccc23)nnc1-c1ccncc1. The normalized spacial score (nSPS) is 12.4. The lowest BCUT2D eigenvalue weighted by Crippen LogP contribution is -2.14. The van der Waals surface area contributed by atoms with Crippen LogP contribution in [0.15, 0.2) is 60.1 Å². The Kier molecular flexibility index (Phi) is 5.25. The Morgan fingerprint density at radius 1 is 1.18 bits per heavy atom. The Bertz CT molecular complexity index is 1100. The summed E-state index contributed by atoms with van der Waals surface area (Å²) in [6, 6.07) is 11.7. The van der Waals surface area contributed by atoms with Crippen molar-refractivity contribution in [1.82, 2.24) is 24.7 Å². The minimum absolute atomic E-state index is 0.0824. The van der Waals surface area contributed by atoms with Crippen LogP contribution in [0.3, 0.4) is 0 Å². The number of rotatable bonds is 7. The van der Waals surface area contributed by atoms with Gasteiger partial charge in [-0.1, -0.05) is 36.9 Å². The summed E-state index contributed by atoms with van der Waals surface area (Å²) in [5.74, 6) is 0.887. The quantitative estimate of drug-likeness (QED) is 0.368. The lowest BCUT2D eigenvalue weighted by molar-refractivity contribution is 0.0995. The monoisotopic (exact) mass is 391 g/mol. The number of carbonyl (C=O) groups excluding carboxylic acids is 1. The van der Waals surface area contributed by atoms with Crippen molar-refractivity contribution in [3.63, 3.8) is 0 Å². The van der Waals surface area contributed by atoms with E-state index in [1.807, 2.05) is 43.3 Å². The Morgan fingerprint density at radius 2 is 1.96 bits per heavy atom. The van der Waals surface area contributed by atoms with E-state index in [-0.39, 0.29) is 11.0 Å². The Balaban J connectivity index is 1.61. The predicted molar refractivity (Wildman–Crippen MR) is 111 cm³/mol. The molecule has 1 unspecified atom stereocenters. The molecule has 7 heteroatoms. The number of carbonyl (C=O) groups is 1. The van der Waals surface area contributed by atoms with Gasteiger partial charge in [0.25, 0.3) is 0 Å². The van der Waals surface area contributed by atoms with E-state index in [1.54, 1.807) is 18.6 Å². The van der Waals surface area contributed by atoms with Crippen LogP contribution < -0.4 is 0 Å². The van der Waals surface area contributed by atoms with Crippen molar-refractivity contribution in [2.45, 2.75) is 37.2 Å². The zero-order chi connectivity index (χ0) is 19.5. The molecule has 0 spiro atoms. The number of nitrogens with one attached hydrogen (secondary N) is 1. The molecule has 6 nitrogen and oxygen atoms in total. The van der Waals surface area contributed by atoms with Gasteiger partial charge in [-0.3, -0.25) is 9.78 Å². The number of Topliss-reactive ketones (excluding diaryl/α,β-unsaturated/α-hetero) is 1. The molecule has 1 N–H and O–H groups in total. The molecule has 0 radical (unpaired) electrons. The van der Waals surface area contributed by atoms with E-state index < -0.39 is 0 Å². The molecule has 0 bridgehead atoms. The van der Waals surface area contributed by atoms with Crippen LogP contribution in [0.1, 0.15) is 30.6 Å². The van der Waals surface area contributed by atoms with Crippen molar-refractivity contribution in [3.8, 4) is 11.4 Å². The van der Waals surface area contributed by atoms with Crippen molar-refractivity contribution in [3.05, 3.63) is 60.6 Å².